The first-order valence-corrected chi connectivity index (χ1v) is 11.0. The van der Waals surface area contributed by atoms with Crippen molar-refractivity contribution in [3.63, 3.8) is 0 Å². The first-order valence-electron chi connectivity index (χ1n) is 11.0. The molecular weight excluding hydrogens is 374 g/mol. The lowest BCUT2D eigenvalue weighted by molar-refractivity contribution is -0.119. The van der Waals surface area contributed by atoms with Crippen LogP contribution >= 0.6 is 0 Å². The molecule has 0 radical (unpaired) electrons. The van der Waals surface area contributed by atoms with Crippen molar-refractivity contribution in [2.45, 2.75) is 51.6 Å². The van der Waals surface area contributed by atoms with E-state index in [1.807, 2.05) is 30.3 Å². The predicted molar refractivity (Wildman–Crippen MR) is 121 cm³/mol. The number of piperidine rings is 1. The van der Waals surface area contributed by atoms with Gasteiger partial charge in [-0.3, -0.25) is 14.5 Å². The van der Waals surface area contributed by atoms with Crippen molar-refractivity contribution in [1.29, 1.82) is 0 Å². The maximum absolute atomic E-state index is 12.9. The molecule has 2 amide bonds. The van der Waals surface area contributed by atoms with Crippen molar-refractivity contribution in [3.05, 3.63) is 59.7 Å². The molecule has 2 fully saturated rings. The van der Waals surface area contributed by atoms with Gasteiger partial charge in [0.15, 0.2) is 0 Å². The Kier molecular flexibility index (Phi) is 6.18. The molecule has 1 heterocycles. The smallest absolute Gasteiger partial charge is 0.257 e. The number of carbonyl (C=O) groups excluding carboxylic acids is 2. The topological polar surface area (TPSA) is 52.7 Å². The van der Waals surface area contributed by atoms with Crippen molar-refractivity contribution in [2.24, 2.45) is 5.92 Å². The van der Waals surface area contributed by atoms with Crippen LogP contribution in [0.25, 0.3) is 0 Å². The average molecular weight is 406 g/mol. The lowest BCUT2D eigenvalue weighted by Gasteiger charge is -2.33. The summed E-state index contributed by atoms with van der Waals surface area (Å²) in [4.78, 5) is 29.5. The van der Waals surface area contributed by atoms with Crippen LogP contribution in [0.15, 0.2) is 48.5 Å². The lowest BCUT2D eigenvalue weighted by Crippen LogP contribution is -2.36. The number of amides is 2. The quantitative estimate of drug-likeness (QED) is 0.759. The maximum Gasteiger partial charge on any atom is 0.257 e. The summed E-state index contributed by atoms with van der Waals surface area (Å²) in [5.41, 5.74) is 3.20. The second-order valence-electron chi connectivity index (χ2n) is 8.66. The number of benzene rings is 2. The minimum Gasteiger partial charge on any atom is -0.322 e. The van der Waals surface area contributed by atoms with E-state index >= 15 is 0 Å². The van der Waals surface area contributed by atoms with Crippen molar-refractivity contribution in [3.8, 4) is 0 Å². The molecule has 1 N–H and O–H groups in total. The van der Waals surface area contributed by atoms with Crippen LogP contribution < -0.4 is 10.2 Å². The Balaban J connectivity index is 1.42. The van der Waals surface area contributed by atoms with E-state index in [1.165, 1.54) is 24.8 Å². The molecule has 0 bridgehead atoms. The van der Waals surface area contributed by atoms with Crippen molar-refractivity contribution >= 4 is 23.2 Å². The highest BCUT2D eigenvalue weighted by molar-refractivity contribution is 6.10. The van der Waals surface area contributed by atoms with Crippen LogP contribution in [0.1, 0.15) is 54.9 Å². The normalized spacial score (nSPS) is 19.3. The summed E-state index contributed by atoms with van der Waals surface area (Å²) >= 11 is 0. The zero-order chi connectivity index (χ0) is 21.1. The first kappa shape index (κ1) is 20.6. The van der Waals surface area contributed by atoms with E-state index in [0.29, 0.717) is 17.3 Å². The molecule has 2 aromatic rings. The molecule has 2 aliphatic rings. The third kappa shape index (κ3) is 4.73. The SMILES string of the molecule is CC1CCCCN1Cc1ccc(NC(=O)c2ccccc2N(C)C(=O)C2CC2)cc1. The Morgan fingerprint density at radius 3 is 2.47 bits per heavy atom. The molecular formula is C25H31N3O2. The largest absolute Gasteiger partial charge is 0.322 e. The minimum absolute atomic E-state index is 0.0894. The van der Waals surface area contributed by atoms with Gasteiger partial charge >= 0.3 is 0 Å². The Labute approximate surface area is 179 Å². The molecule has 1 saturated heterocycles. The fourth-order valence-electron chi connectivity index (χ4n) is 4.20. The minimum atomic E-state index is -0.196. The highest BCUT2D eigenvalue weighted by atomic mass is 16.2. The number of likely N-dealkylation sites (tertiary alicyclic amines) is 1. The number of carbonyl (C=O) groups is 2. The molecule has 30 heavy (non-hydrogen) atoms. The highest BCUT2D eigenvalue weighted by Crippen LogP contribution is 2.33. The van der Waals surface area contributed by atoms with Gasteiger partial charge in [0.2, 0.25) is 5.91 Å². The molecule has 1 aliphatic carbocycles. The van der Waals surface area contributed by atoms with Crippen LogP contribution in [0.3, 0.4) is 0 Å². The number of hydrogen-bond acceptors (Lipinski definition) is 3. The summed E-state index contributed by atoms with van der Waals surface area (Å²) in [6.45, 7) is 4.41. The summed E-state index contributed by atoms with van der Waals surface area (Å²) in [6, 6.07) is 16.0. The number of anilines is 2. The van der Waals surface area contributed by atoms with Crippen molar-refractivity contribution in [2.75, 3.05) is 23.8 Å². The van der Waals surface area contributed by atoms with Crippen LogP contribution in [0, 0.1) is 5.92 Å². The van der Waals surface area contributed by atoms with Crippen LogP contribution in [-0.4, -0.2) is 36.3 Å². The lowest BCUT2D eigenvalue weighted by atomic mass is 10.0. The Bertz CT molecular complexity index is 905. The van der Waals surface area contributed by atoms with E-state index in [0.717, 1.165) is 31.6 Å². The standard InChI is InChI=1S/C25H31N3O2/c1-18-7-5-6-16-28(18)17-19-10-14-21(15-11-19)26-24(29)22-8-3-4-9-23(22)27(2)25(30)20-12-13-20/h3-4,8-11,14-15,18,20H,5-7,12-13,16-17H2,1-2H3,(H,26,29). The van der Waals surface area contributed by atoms with Crippen molar-refractivity contribution < 1.29 is 9.59 Å². The molecule has 4 rings (SSSR count). The second kappa shape index (κ2) is 9.00. The second-order valence-corrected chi connectivity index (χ2v) is 8.66. The zero-order valence-electron chi connectivity index (χ0n) is 17.9. The summed E-state index contributed by atoms with van der Waals surface area (Å²) in [7, 11) is 1.75. The van der Waals surface area contributed by atoms with Gasteiger partial charge in [0.05, 0.1) is 11.3 Å². The van der Waals surface area contributed by atoms with Crippen molar-refractivity contribution in [1.82, 2.24) is 4.90 Å². The Hall–Kier alpha value is -2.66. The molecule has 5 heteroatoms. The van der Waals surface area contributed by atoms with Gasteiger partial charge in [-0.15, -0.1) is 0 Å². The molecule has 1 saturated carbocycles. The number of rotatable bonds is 6. The van der Waals surface area contributed by atoms with E-state index in [4.69, 9.17) is 0 Å². The van der Waals surface area contributed by atoms with Gasteiger partial charge < -0.3 is 10.2 Å². The maximum atomic E-state index is 12.9. The van der Waals surface area contributed by atoms with Gasteiger partial charge in [-0.25, -0.2) is 0 Å². The highest BCUT2D eigenvalue weighted by Gasteiger charge is 2.33. The number of hydrogen-bond donors (Lipinski definition) is 1. The van der Waals surface area contributed by atoms with Crippen LogP contribution in [0.4, 0.5) is 11.4 Å². The monoisotopic (exact) mass is 405 g/mol. The molecule has 0 aromatic heterocycles. The predicted octanol–water partition coefficient (Wildman–Crippen LogP) is 4.69. The third-order valence-corrected chi connectivity index (χ3v) is 6.31. The van der Waals surface area contributed by atoms with E-state index in [9.17, 15) is 9.59 Å². The van der Waals surface area contributed by atoms with Gasteiger partial charge in [-0.1, -0.05) is 30.7 Å². The van der Waals surface area contributed by atoms with Gasteiger partial charge in [0.1, 0.15) is 0 Å². The zero-order valence-corrected chi connectivity index (χ0v) is 17.9. The molecule has 1 atom stereocenters. The Morgan fingerprint density at radius 2 is 1.77 bits per heavy atom. The average Bonchev–Trinajstić information content (AvgIpc) is 3.61. The fourth-order valence-corrected chi connectivity index (χ4v) is 4.20. The van der Waals surface area contributed by atoms with Gasteiger partial charge in [0, 0.05) is 31.2 Å². The van der Waals surface area contributed by atoms with Crippen LogP contribution in [0.2, 0.25) is 0 Å². The van der Waals surface area contributed by atoms with Crippen LogP contribution in [0.5, 0.6) is 0 Å². The number of nitrogens with zero attached hydrogens (tertiary/aromatic N) is 2. The summed E-state index contributed by atoms with van der Waals surface area (Å²) < 4.78 is 0. The third-order valence-electron chi connectivity index (χ3n) is 6.31. The van der Waals surface area contributed by atoms with E-state index in [-0.39, 0.29) is 17.7 Å². The molecule has 1 aliphatic heterocycles. The van der Waals surface area contributed by atoms with Crippen LogP contribution in [-0.2, 0) is 11.3 Å². The molecule has 158 valence electrons. The summed E-state index contributed by atoms with van der Waals surface area (Å²) in [5, 5.41) is 2.99. The molecule has 2 aromatic carbocycles. The van der Waals surface area contributed by atoms with E-state index in [1.54, 1.807) is 18.0 Å². The molecule has 0 spiro atoms. The number of nitrogens with one attached hydrogen (secondary N) is 1. The van der Waals surface area contributed by atoms with Gasteiger partial charge in [-0.05, 0) is 69.0 Å². The summed E-state index contributed by atoms with van der Waals surface area (Å²) in [6.07, 6.45) is 5.76. The molecule has 5 nitrogen and oxygen atoms in total. The first-order chi connectivity index (χ1) is 14.5. The van der Waals surface area contributed by atoms with E-state index < -0.39 is 0 Å². The fraction of sp³-hybridized carbons (Fsp3) is 0.440. The molecule has 1 unspecified atom stereocenters. The summed E-state index contributed by atoms with van der Waals surface area (Å²) in [5.74, 6) is 0.00581. The van der Waals surface area contributed by atoms with Gasteiger partial charge in [0.25, 0.3) is 5.91 Å². The number of para-hydroxylation sites is 1. The Morgan fingerprint density at radius 1 is 1.03 bits per heavy atom. The van der Waals surface area contributed by atoms with E-state index in [2.05, 4.69) is 29.3 Å². The van der Waals surface area contributed by atoms with Gasteiger partial charge in [-0.2, -0.15) is 0 Å².